The van der Waals surface area contributed by atoms with Gasteiger partial charge in [0.05, 0.1) is 11.9 Å². The molecule has 0 bridgehead atoms. The molecule has 0 amide bonds. The molecule has 2 aromatic rings. The molecular weight excluding hydrogens is 314 g/mol. The van der Waals surface area contributed by atoms with Crippen molar-refractivity contribution in [1.29, 1.82) is 0 Å². The average Bonchev–Trinajstić information content (AvgIpc) is 3.26. The molecule has 1 saturated heterocycles. The van der Waals surface area contributed by atoms with Crippen molar-refractivity contribution in [1.82, 2.24) is 20.3 Å². The number of nitrogens with zero attached hydrogens (tertiary/aromatic N) is 5. The van der Waals surface area contributed by atoms with Gasteiger partial charge < -0.3 is 9.42 Å². The summed E-state index contributed by atoms with van der Waals surface area (Å²) in [5.41, 5.74) is 2.32. The van der Waals surface area contributed by atoms with E-state index in [0.29, 0.717) is 12.0 Å². The predicted molar refractivity (Wildman–Crippen MR) is 96.7 cm³/mol. The van der Waals surface area contributed by atoms with Crippen LogP contribution in [-0.2, 0) is 12.0 Å². The third-order valence-corrected chi connectivity index (χ3v) is 5.27. The third-order valence-electron chi connectivity index (χ3n) is 5.27. The zero-order chi connectivity index (χ0) is 17.6. The maximum Gasteiger partial charge on any atom is 0.151 e. The van der Waals surface area contributed by atoms with Gasteiger partial charge in [-0.05, 0) is 32.0 Å². The smallest absolute Gasteiger partial charge is 0.151 e. The lowest BCUT2D eigenvalue weighted by molar-refractivity contribution is 0.195. The summed E-state index contributed by atoms with van der Waals surface area (Å²) in [5.74, 6) is 2.69. The van der Waals surface area contributed by atoms with Gasteiger partial charge in [0, 0.05) is 42.6 Å². The van der Waals surface area contributed by atoms with Crippen molar-refractivity contribution in [2.45, 2.75) is 57.5 Å². The Kier molecular flexibility index (Phi) is 4.02. The number of hydrogen-bond acceptors (Lipinski definition) is 6. The van der Waals surface area contributed by atoms with Crippen molar-refractivity contribution in [2.24, 2.45) is 0 Å². The van der Waals surface area contributed by atoms with E-state index >= 15 is 0 Å². The predicted octanol–water partition coefficient (Wildman–Crippen LogP) is 2.96. The van der Waals surface area contributed by atoms with Gasteiger partial charge in [-0.3, -0.25) is 4.90 Å². The molecule has 2 aromatic heterocycles. The Balaban J connectivity index is 1.33. The fraction of sp³-hybridized carbons (Fsp3) is 0.632. The molecular formula is C19H27N5O. The molecule has 0 spiro atoms. The van der Waals surface area contributed by atoms with Crippen LogP contribution >= 0.6 is 0 Å². The minimum absolute atomic E-state index is 0.0428. The SMILES string of the molecule is CN(Cc1cnoc1C1CC1)C1CN(c2ccc(C(C)(C)C)nn2)C1. The van der Waals surface area contributed by atoms with E-state index in [0.717, 1.165) is 36.9 Å². The minimum Gasteiger partial charge on any atom is -0.361 e. The van der Waals surface area contributed by atoms with Gasteiger partial charge in [0.15, 0.2) is 5.82 Å². The molecule has 134 valence electrons. The van der Waals surface area contributed by atoms with E-state index in [1.165, 1.54) is 18.4 Å². The summed E-state index contributed by atoms with van der Waals surface area (Å²) in [7, 11) is 2.18. The first-order valence-electron chi connectivity index (χ1n) is 9.14. The van der Waals surface area contributed by atoms with Crippen LogP contribution in [0.15, 0.2) is 22.9 Å². The maximum atomic E-state index is 5.44. The quantitative estimate of drug-likeness (QED) is 0.833. The summed E-state index contributed by atoms with van der Waals surface area (Å²) in [6.07, 6.45) is 4.37. The van der Waals surface area contributed by atoms with E-state index in [-0.39, 0.29) is 5.41 Å². The Bertz CT molecular complexity index is 723. The molecule has 3 heterocycles. The average molecular weight is 341 g/mol. The second-order valence-corrected chi connectivity index (χ2v) is 8.49. The Morgan fingerprint density at radius 3 is 2.56 bits per heavy atom. The van der Waals surface area contributed by atoms with Gasteiger partial charge >= 0.3 is 0 Å². The molecule has 1 aliphatic carbocycles. The van der Waals surface area contributed by atoms with Crippen LogP contribution in [0.5, 0.6) is 0 Å². The molecule has 6 heteroatoms. The second-order valence-electron chi connectivity index (χ2n) is 8.49. The highest BCUT2D eigenvalue weighted by atomic mass is 16.5. The van der Waals surface area contributed by atoms with Gasteiger partial charge in [-0.1, -0.05) is 25.9 Å². The Labute approximate surface area is 149 Å². The van der Waals surface area contributed by atoms with Gasteiger partial charge in [-0.2, -0.15) is 5.10 Å². The van der Waals surface area contributed by atoms with Gasteiger partial charge in [0.1, 0.15) is 5.76 Å². The van der Waals surface area contributed by atoms with E-state index in [9.17, 15) is 0 Å². The first kappa shape index (κ1) is 16.5. The number of likely N-dealkylation sites (N-methyl/N-ethyl adjacent to an activating group) is 1. The van der Waals surface area contributed by atoms with Crippen molar-refractivity contribution >= 4 is 5.82 Å². The molecule has 0 N–H and O–H groups in total. The highest BCUT2D eigenvalue weighted by molar-refractivity contribution is 5.42. The molecule has 0 aromatic carbocycles. The number of hydrogen-bond donors (Lipinski definition) is 0. The van der Waals surface area contributed by atoms with Crippen molar-refractivity contribution in [2.75, 3.05) is 25.0 Å². The first-order valence-corrected chi connectivity index (χ1v) is 9.14. The second kappa shape index (κ2) is 6.09. The number of anilines is 1. The molecule has 25 heavy (non-hydrogen) atoms. The molecule has 1 aliphatic heterocycles. The molecule has 6 nitrogen and oxygen atoms in total. The standard InChI is InChI=1S/C19H27N5O/c1-19(2,3)16-7-8-17(22-21-16)24-11-15(12-24)23(4)10-14-9-20-25-18(14)13-5-6-13/h7-9,13,15H,5-6,10-12H2,1-4H3. The van der Waals surface area contributed by atoms with Crippen LogP contribution < -0.4 is 4.90 Å². The van der Waals surface area contributed by atoms with Crippen LogP contribution in [0.3, 0.4) is 0 Å². The Morgan fingerprint density at radius 1 is 1.20 bits per heavy atom. The lowest BCUT2D eigenvalue weighted by Crippen LogP contribution is -2.58. The molecule has 0 atom stereocenters. The van der Waals surface area contributed by atoms with Crippen molar-refractivity contribution in [3.63, 3.8) is 0 Å². The van der Waals surface area contributed by atoms with Gasteiger partial charge in [0.25, 0.3) is 0 Å². The number of rotatable bonds is 5. The van der Waals surface area contributed by atoms with Crippen molar-refractivity contribution in [3.8, 4) is 0 Å². The van der Waals surface area contributed by atoms with E-state index in [1.807, 2.05) is 6.20 Å². The van der Waals surface area contributed by atoms with E-state index < -0.39 is 0 Å². The van der Waals surface area contributed by atoms with E-state index in [4.69, 9.17) is 4.52 Å². The summed E-state index contributed by atoms with van der Waals surface area (Å²) < 4.78 is 5.44. The summed E-state index contributed by atoms with van der Waals surface area (Å²) in [6, 6.07) is 4.72. The summed E-state index contributed by atoms with van der Waals surface area (Å²) in [4.78, 5) is 4.68. The van der Waals surface area contributed by atoms with Crippen LogP contribution in [-0.4, -0.2) is 46.4 Å². The van der Waals surface area contributed by atoms with Gasteiger partial charge in [-0.25, -0.2) is 0 Å². The zero-order valence-corrected chi connectivity index (χ0v) is 15.6. The zero-order valence-electron chi connectivity index (χ0n) is 15.6. The monoisotopic (exact) mass is 341 g/mol. The topological polar surface area (TPSA) is 58.3 Å². The van der Waals surface area contributed by atoms with Crippen LogP contribution in [0.4, 0.5) is 5.82 Å². The van der Waals surface area contributed by atoms with Crippen molar-refractivity contribution in [3.05, 3.63) is 35.3 Å². The molecule has 2 aliphatic rings. The van der Waals surface area contributed by atoms with Crippen LogP contribution in [0.1, 0.15) is 56.5 Å². The van der Waals surface area contributed by atoms with E-state index in [2.05, 4.69) is 65.1 Å². The number of aromatic nitrogens is 3. The fourth-order valence-corrected chi connectivity index (χ4v) is 3.28. The largest absolute Gasteiger partial charge is 0.361 e. The lowest BCUT2D eigenvalue weighted by atomic mass is 9.92. The Morgan fingerprint density at radius 2 is 1.96 bits per heavy atom. The highest BCUT2D eigenvalue weighted by Gasteiger charge is 2.34. The lowest BCUT2D eigenvalue weighted by Gasteiger charge is -2.44. The van der Waals surface area contributed by atoms with Crippen LogP contribution in [0, 0.1) is 0 Å². The van der Waals surface area contributed by atoms with Crippen molar-refractivity contribution < 1.29 is 4.52 Å². The van der Waals surface area contributed by atoms with E-state index in [1.54, 1.807) is 0 Å². The minimum atomic E-state index is 0.0428. The fourth-order valence-electron chi connectivity index (χ4n) is 3.28. The highest BCUT2D eigenvalue weighted by Crippen LogP contribution is 2.42. The van der Waals surface area contributed by atoms with Crippen LogP contribution in [0.2, 0.25) is 0 Å². The summed E-state index contributed by atoms with van der Waals surface area (Å²) >= 11 is 0. The normalized spacial score (nSPS) is 18.7. The maximum absolute atomic E-state index is 5.44. The summed E-state index contributed by atoms with van der Waals surface area (Å²) in [6.45, 7) is 9.36. The molecule has 1 saturated carbocycles. The van der Waals surface area contributed by atoms with Gasteiger partial charge in [-0.15, -0.1) is 5.10 Å². The molecule has 2 fully saturated rings. The first-order chi connectivity index (χ1) is 11.9. The van der Waals surface area contributed by atoms with Crippen LogP contribution in [0.25, 0.3) is 0 Å². The van der Waals surface area contributed by atoms with Gasteiger partial charge in [0.2, 0.25) is 0 Å². The molecule has 4 rings (SSSR count). The molecule has 0 unspecified atom stereocenters. The molecule has 0 radical (unpaired) electrons. The summed E-state index contributed by atoms with van der Waals surface area (Å²) in [5, 5.41) is 12.8. The third kappa shape index (κ3) is 3.40. The Hall–Kier alpha value is -1.95.